The van der Waals surface area contributed by atoms with E-state index in [2.05, 4.69) is 15.1 Å². The molecule has 4 aliphatic carbocycles. The highest BCUT2D eigenvalue weighted by Gasteiger charge is 2.55. The van der Waals surface area contributed by atoms with Gasteiger partial charge in [-0.1, -0.05) is 6.07 Å². The number of nitrogens with one attached hydrogen (secondary N) is 1. The molecule has 1 aliphatic heterocycles. The van der Waals surface area contributed by atoms with Gasteiger partial charge in [0.05, 0.1) is 25.7 Å². The molecule has 1 atom stereocenters. The summed E-state index contributed by atoms with van der Waals surface area (Å²) in [6.45, 7) is 5.36. The third kappa shape index (κ3) is 4.39. The normalized spacial score (nSPS) is 31.3. The van der Waals surface area contributed by atoms with Crippen LogP contribution in [0.15, 0.2) is 18.2 Å². The number of hydrogen-bond acceptors (Lipinski definition) is 5. The van der Waals surface area contributed by atoms with E-state index in [-0.39, 0.29) is 17.4 Å². The molecule has 7 heteroatoms. The van der Waals surface area contributed by atoms with E-state index in [0.717, 1.165) is 68.8 Å². The Kier molecular flexibility index (Phi) is 6.49. The molecule has 0 spiro atoms. The Morgan fingerprint density at radius 1 is 0.971 bits per heavy atom. The van der Waals surface area contributed by atoms with Gasteiger partial charge in [-0.2, -0.15) is 0 Å². The SMILES string of the molecule is COc1ccc(CNC(=O)C(C)N2CCN(C(=O)C34CC5CC(CC(C5)C3)C4)CC2)cc1OC. The Bertz CT molecular complexity index is 889. The molecular weight excluding hydrogens is 430 g/mol. The van der Waals surface area contributed by atoms with E-state index in [1.165, 1.54) is 19.3 Å². The topological polar surface area (TPSA) is 71.1 Å². The van der Waals surface area contributed by atoms with Crippen molar-refractivity contribution in [2.75, 3.05) is 40.4 Å². The number of methoxy groups -OCH3 is 2. The average molecular weight is 470 g/mol. The Hall–Kier alpha value is -2.28. The quantitative estimate of drug-likeness (QED) is 0.665. The van der Waals surface area contributed by atoms with Crippen molar-refractivity contribution in [3.05, 3.63) is 23.8 Å². The maximum atomic E-state index is 13.6. The molecule has 1 aromatic carbocycles. The van der Waals surface area contributed by atoms with E-state index in [0.29, 0.717) is 24.0 Å². The van der Waals surface area contributed by atoms with Crippen LogP contribution >= 0.6 is 0 Å². The number of rotatable bonds is 7. The van der Waals surface area contributed by atoms with Gasteiger partial charge in [-0.3, -0.25) is 14.5 Å². The fourth-order valence-corrected chi connectivity index (χ4v) is 7.51. The molecule has 4 saturated carbocycles. The predicted molar refractivity (Wildman–Crippen MR) is 130 cm³/mol. The summed E-state index contributed by atoms with van der Waals surface area (Å²) in [5.74, 6) is 4.10. The van der Waals surface area contributed by atoms with Crippen LogP contribution in [0.1, 0.15) is 51.0 Å². The van der Waals surface area contributed by atoms with Crippen molar-refractivity contribution in [3.8, 4) is 11.5 Å². The highest BCUT2D eigenvalue weighted by Crippen LogP contribution is 2.60. The van der Waals surface area contributed by atoms with Gasteiger partial charge < -0.3 is 19.7 Å². The van der Waals surface area contributed by atoms with Crippen molar-refractivity contribution in [2.24, 2.45) is 23.2 Å². The minimum absolute atomic E-state index is 0.00986. The van der Waals surface area contributed by atoms with Gasteiger partial charge in [0.1, 0.15) is 0 Å². The van der Waals surface area contributed by atoms with Crippen molar-refractivity contribution < 1.29 is 19.1 Å². The second-order valence-corrected chi connectivity index (χ2v) is 11.1. The molecule has 1 unspecified atom stereocenters. The lowest BCUT2D eigenvalue weighted by Gasteiger charge is -2.57. The first-order valence-electron chi connectivity index (χ1n) is 12.9. The summed E-state index contributed by atoms with van der Waals surface area (Å²) >= 11 is 0. The molecule has 1 heterocycles. The number of amides is 2. The van der Waals surface area contributed by atoms with Gasteiger partial charge in [0.15, 0.2) is 11.5 Å². The number of carbonyl (C=O) groups is 2. The Morgan fingerprint density at radius 2 is 1.56 bits per heavy atom. The lowest BCUT2D eigenvalue weighted by molar-refractivity contribution is -0.159. The minimum atomic E-state index is -0.225. The molecule has 7 nitrogen and oxygen atoms in total. The number of carbonyl (C=O) groups excluding carboxylic acids is 2. The van der Waals surface area contributed by atoms with Gasteiger partial charge >= 0.3 is 0 Å². The average Bonchev–Trinajstić information content (AvgIpc) is 2.85. The Labute approximate surface area is 203 Å². The summed E-state index contributed by atoms with van der Waals surface area (Å²) in [5.41, 5.74) is 0.892. The zero-order valence-electron chi connectivity index (χ0n) is 20.8. The fraction of sp³-hybridized carbons (Fsp3) is 0.704. The zero-order valence-corrected chi connectivity index (χ0v) is 20.8. The predicted octanol–water partition coefficient (Wildman–Crippen LogP) is 3.07. The number of ether oxygens (including phenoxy) is 2. The summed E-state index contributed by atoms with van der Waals surface area (Å²) in [6, 6.07) is 5.45. The van der Waals surface area contributed by atoms with Gasteiger partial charge in [-0.25, -0.2) is 0 Å². The maximum Gasteiger partial charge on any atom is 0.237 e. The molecule has 186 valence electrons. The lowest BCUT2D eigenvalue weighted by atomic mass is 9.49. The van der Waals surface area contributed by atoms with Crippen LogP contribution in [0.2, 0.25) is 0 Å². The van der Waals surface area contributed by atoms with Gasteiger partial charge in [-0.05, 0) is 80.9 Å². The smallest absolute Gasteiger partial charge is 0.237 e. The van der Waals surface area contributed by atoms with Crippen LogP contribution < -0.4 is 14.8 Å². The van der Waals surface area contributed by atoms with Crippen molar-refractivity contribution in [1.29, 1.82) is 0 Å². The molecular formula is C27H39N3O4. The van der Waals surface area contributed by atoms with E-state index in [9.17, 15) is 9.59 Å². The molecule has 34 heavy (non-hydrogen) atoms. The van der Waals surface area contributed by atoms with E-state index in [1.807, 2.05) is 25.1 Å². The Balaban J connectivity index is 1.12. The van der Waals surface area contributed by atoms with E-state index >= 15 is 0 Å². The van der Waals surface area contributed by atoms with E-state index in [4.69, 9.17) is 9.47 Å². The third-order valence-electron chi connectivity index (χ3n) is 8.94. The first-order chi connectivity index (χ1) is 16.4. The highest BCUT2D eigenvalue weighted by molar-refractivity contribution is 5.84. The molecule has 5 fully saturated rings. The molecule has 2 amide bonds. The second kappa shape index (κ2) is 9.40. The van der Waals surface area contributed by atoms with Crippen molar-refractivity contribution in [1.82, 2.24) is 15.1 Å². The van der Waals surface area contributed by atoms with Crippen LogP contribution in [0, 0.1) is 23.2 Å². The molecule has 5 aliphatic rings. The standard InChI is InChI=1S/C27H39N3O4/c1-18(25(31)28-17-19-4-5-23(33-2)24(13-19)34-3)29-6-8-30(9-7-29)26(32)27-14-20-10-21(15-27)12-22(11-20)16-27/h4-5,13,18,20-22H,6-12,14-17H2,1-3H3,(H,28,31). The monoisotopic (exact) mass is 469 g/mol. The van der Waals surface area contributed by atoms with Crippen LogP contribution in [0.25, 0.3) is 0 Å². The van der Waals surface area contributed by atoms with E-state index in [1.54, 1.807) is 14.2 Å². The molecule has 6 rings (SSSR count). The van der Waals surface area contributed by atoms with Crippen LogP contribution in [0.3, 0.4) is 0 Å². The number of benzene rings is 1. The van der Waals surface area contributed by atoms with Gasteiger partial charge in [0, 0.05) is 32.7 Å². The number of hydrogen-bond donors (Lipinski definition) is 1. The zero-order chi connectivity index (χ0) is 23.9. The van der Waals surface area contributed by atoms with Crippen molar-refractivity contribution in [2.45, 2.75) is 58.0 Å². The van der Waals surface area contributed by atoms with E-state index < -0.39 is 0 Å². The first kappa shape index (κ1) is 23.5. The summed E-state index contributed by atoms with van der Waals surface area (Å²) in [6.07, 6.45) is 7.43. The summed E-state index contributed by atoms with van der Waals surface area (Å²) in [4.78, 5) is 30.8. The first-order valence-corrected chi connectivity index (χ1v) is 12.9. The molecule has 1 N–H and O–H groups in total. The molecule has 4 bridgehead atoms. The van der Waals surface area contributed by atoms with Crippen molar-refractivity contribution in [3.63, 3.8) is 0 Å². The molecule has 1 aromatic rings. The minimum Gasteiger partial charge on any atom is -0.493 e. The molecule has 0 aromatic heterocycles. The molecule has 0 radical (unpaired) electrons. The summed E-state index contributed by atoms with van der Waals surface area (Å²) in [5, 5.41) is 3.05. The maximum absolute atomic E-state index is 13.6. The van der Waals surface area contributed by atoms with Crippen LogP contribution in [-0.4, -0.2) is 68.1 Å². The fourth-order valence-electron chi connectivity index (χ4n) is 7.51. The van der Waals surface area contributed by atoms with Crippen LogP contribution in [0.4, 0.5) is 0 Å². The van der Waals surface area contributed by atoms with Gasteiger partial charge in [0.2, 0.25) is 11.8 Å². The van der Waals surface area contributed by atoms with Gasteiger partial charge in [0.25, 0.3) is 0 Å². The summed E-state index contributed by atoms with van der Waals surface area (Å²) in [7, 11) is 3.22. The largest absolute Gasteiger partial charge is 0.493 e. The second-order valence-electron chi connectivity index (χ2n) is 11.1. The number of piperazine rings is 1. The number of nitrogens with zero attached hydrogens (tertiary/aromatic N) is 2. The third-order valence-corrected chi connectivity index (χ3v) is 8.94. The molecule has 1 saturated heterocycles. The Morgan fingerprint density at radius 3 is 2.12 bits per heavy atom. The highest BCUT2D eigenvalue weighted by atomic mass is 16.5. The van der Waals surface area contributed by atoms with Gasteiger partial charge in [-0.15, -0.1) is 0 Å². The van der Waals surface area contributed by atoms with Crippen LogP contribution in [0.5, 0.6) is 11.5 Å². The van der Waals surface area contributed by atoms with Crippen molar-refractivity contribution >= 4 is 11.8 Å². The summed E-state index contributed by atoms with van der Waals surface area (Å²) < 4.78 is 10.6. The van der Waals surface area contributed by atoms with Crippen LogP contribution in [-0.2, 0) is 16.1 Å². The lowest BCUT2D eigenvalue weighted by Crippen LogP contribution is -2.60.